The Bertz CT molecular complexity index is 1030. The molecule has 0 saturated heterocycles. The van der Waals surface area contributed by atoms with Gasteiger partial charge < -0.3 is 8.98 Å². The summed E-state index contributed by atoms with van der Waals surface area (Å²) in [6.45, 7) is 6.89. The standard InChI is InChI=1S/C17H17N3O4S/c1-4-19-12-6-5-11(10(2)3)9-14(12)25-17(19)18-16(21)13-7-8-15(24-13)20(22)23/h5-10H,4H2,1-3H3. The van der Waals surface area contributed by atoms with E-state index in [0.29, 0.717) is 17.3 Å². The van der Waals surface area contributed by atoms with Gasteiger partial charge in [-0.1, -0.05) is 31.3 Å². The highest BCUT2D eigenvalue weighted by molar-refractivity contribution is 7.16. The normalized spacial score (nSPS) is 12.2. The van der Waals surface area contributed by atoms with Gasteiger partial charge in [0.05, 0.1) is 16.3 Å². The Hall–Kier alpha value is -2.74. The number of nitro groups is 1. The maximum atomic E-state index is 12.3. The third-order valence-corrected chi connectivity index (χ3v) is 4.91. The molecule has 0 atom stereocenters. The molecule has 3 rings (SSSR count). The van der Waals surface area contributed by atoms with E-state index >= 15 is 0 Å². The quantitative estimate of drug-likeness (QED) is 0.518. The number of hydrogen-bond donors (Lipinski definition) is 0. The molecule has 1 aromatic carbocycles. The topological polar surface area (TPSA) is 90.6 Å². The molecule has 130 valence electrons. The lowest BCUT2D eigenvalue weighted by Gasteiger charge is -2.05. The summed E-state index contributed by atoms with van der Waals surface area (Å²) in [5.74, 6) is -0.840. The van der Waals surface area contributed by atoms with E-state index in [0.717, 1.165) is 16.3 Å². The predicted molar refractivity (Wildman–Crippen MR) is 94.8 cm³/mol. The number of benzene rings is 1. The minimum Gasteiger partial charge on any atom is -0.395 e. The number of furan rings is 1. The van der Waals surface area contributed by atoms with Crippen molar-refractivity contribution in [2.24, 2.45) is 4.99 Å². The van der Waals surface area contributed by atoms with E-state index < -0.39 is 16.7 Å². The second-order valence-corrected chi connectivity index (χ2v) is 6.83. The summed E-state index contributed by atoms with van der Waals surface area (Å²) < 4.78 is 7.92. The Kier molecular flexibility index (Phi) is 4.54. The van der Waals surface area contributed by atoms with Crippen LogP contribution < -0.4 is 4.80 Å². The van der Waals surface area contributed by atoms with Crippen molar-refractivity contribution in [2.75, 3.05) is 0 Å². The van der Waals surface area contributed by atoms with Gasteiger partial charge in [0.2, 0.25) is 5.76 Å². The molecule has 25 heavy (non-hydrogen) atoms. The molecule has 0 aliphatic rings. The predicted octanol–water partition coefficient (Wildman–Crippen LogP) is 4.09. The van der Waals surface area contributed by atoms with Crippen LogP contribution in [0, 0.1) is 10.1 Å². The number of fused-ring (bicyclic) bond motifs is 1. The van der Waals surface area contributed by atoms with Crippen LogP contribution in [0.1, 0.15) is 42.8 Å². The molecule has 0 radical (unpaired) electrons. The Balaban J connectivity index is 2.08. The first-order valence-corrected chi connectivity index (χ1v) is 8.69. The molecule has 2 heterocycles. The van der Waals surface area contributed by atoms with E-state index in [4.69, 9.17) is 4.42 Å². The Morgan fingerprint density at radius 1 is 1.36 bits per heavy atom. The summed E-state index contributed by atoms with van der Waals surface area (Å²) >= 11 is 1.42. The highest BCUT2D eigenvalue weighted by Gasteiger charge is 2.17. The second kappa shape index (κ2) is 6.64. The van der Waals surface area contributed by atoms with Gasteiger partial charge in [0, 0.05) is 6.54 Å². The van der Waals surface area contributed by atoms with E-state index in [1.807, 2.05) is 17.6 Å². The Morgan fingerprint density at radius 3 is 2.72 bits per heavy atom. The molecule has 2 aromatic heterocycles. The third kappa shape index (κ3) is 3.25. The first kappa shape index (κ1) is 17.1. The van der Waals surface area contributed by atoms with Crippen molar-refractivity contribution in [1.29, 1.82) is 0 Å². The summed E-state index contributed by atoms with van der Waals surface area (Å²) in [5, 5.41) is 10.7. The number of carbonyl (C=O) groups is 1. The Morgan fingerprint density at radius 2 is 2.12 bits per heavy atom. The minimum atomic E-state index is -0.685. The zero-order valence-electron chi connectivity index (χ0n) is 14.1. The Labute approximate surface area is 147 Å². The third-order valence-electron chi connectivity index (χ3n) is 3.87. The maximum Gasteiger partial charge on any atom is 0.433 e. The number of rotatable bonds is 4. The van der Waals surface area contributed by atoms with Gasteiger partial charge in [0.1, 0.15) is 4.92 Å². The van der Waals surface area contributed by atoms with Gasteiger partial charge in [-0.05, 0) is 36.6 Å². The molecular weight excluding hydrogens is 342 g/mol. The lowest BCUT2D eigenvalue weighted by molar-refractivity contribution is -0.402. The van der Waals surface area contributed by atoms with E-state index in [-0.39, 0.29) is 5.76 Å². The molecule has 7 nitrogen and oxygen atoms in total. The monoisotopic (exact) mass is 359 g/mol. The van der Waals surface area contributed by atoms with Gasteiger partial charge in [-0.3, -0.25) is 14.9 Å². The number of amides is 1. The van der Waals surface area contributed by atoms with Crippen molar-refractivity contribution in [1.82, 2.24) is 4.57 Å². The molecule has 0 bridgehead atoms. The van der Waals surface area contributed by atoms with Crippen LogP contribution in [-0.2, 0) is 6.54 Å². The van der Waals surface area contributed by atoms with Crippen LogP contribution in [0.3, 0.4) is 0 Å². The molecule has 1 amide bonds. The lowest BCUT2D eigenvalue weighted by atomic mass is 10.0. The first-order chi connectivity index (χ1) is 11.9. The molecule has 0 aliphatic heterocycles. The fourth-order valence-corrected chi connectivity index (χ4v) is 3.66. The van der Waals surface area contributed by atoms with Gasteiger partial charge in [-0.25, -0.2) is 0 Å². The van der Waals surface area contributed by atoms with Gasteiger partial charge in [0.25, 0.3) is 0 Å². The van der Waals surface area contributed by atoms with E-state index in [1.54, 1.807) is 0 Å². The smallest absolute Gasteiger partial charge is 0.395 e. The van der Waals surface area contributed by atoms with Gasteiger partial charge in [-0.15, -0.1) is 0 Å². The highest BCUT2D eigenvalue weighted by Crippen LogP contribution is 2.24. The van der Waals surface area contributed by atoms with Crippen molar-refractivity contribution < 1.29 is 14.1 Å². The van der Waals surface area contributed by atoms with Gasteiger partial charge in [-0.2, -0.15) is 4.99 Å². The van der Waals surface area contributed by atoms with Gasteiger partial charge >= 0.3 is 11.8 Å². The molecule has 0 saturated carbocycles. The zero-order valence-corrected chi connectivity index (χ0v) is 14.9. The summed E-state index contributed by atoms with van der Waals surface area (Å²) in [7, 11) is 0. The summed E-state index contributed by atoms with van der Waals surface area (Å²) in [6, 6.07) is 8.64. The molecular formula is C17H17N3O4S. The summed E-state index contributed by atoms with van der Waals surface area (Å²) in [5.41, 5.74) is 2.23. The number of carbonyl (C=O) groups excluding carboxylic acids is 1. The van der Waals surface area contributed by atoms with Crippen LogP contribution in [0.15, 0.2) is 39.7 Å². The summed E-state index contributed by atoms with van der Waals surface area (Å²) in [4.78, 5) is 26.9. The number of aryl methyl sites for hydroxylation is 1. The first-order valence-electron chi connectivity index (χ1n) is 7.87. The molecule has 0 unspecified atom stereocenters. The van der Waals surface area contributed by atoms with Crippen molar-refractivity contribution >= 4 is 33.3 Å². The lowest BCUT2D eigenvalue weighted by Crippen LogP contribution is -2.15. The van der Waals surface area contributed by atoms with Crippen LogP contribution in [0.4, 0.5) is 5.88 Å². The minimum absolute atomic E-state index is 0.144. The van der Waals surface area contributed by atoms with Crippen LogP contribution in [0.25, 0.3) is 10.2 Å². The molecule has 0 fully saturated rings. The fraction of sp³-hybridized carbons (Fsp3) is 0.294. The van der Waals surface area contributed by atoms with Crippen LogP contribution in [-0.4, -0.2) is 15.4 Å². The number of hydrogen-bond acceptors (Lipinski definition) is 5. The van der Waals surface area contributed by atoms with Crippen molar-refractivity contribution in [3.05, 3.63) is 56.6 Å². The molecule has 0 aliphatic carbocycles. The van der Waals surface area contributed by atoms with Crippen molar-refractivity contribution in [3.63, 3.8) is 0 Å². The maximum absolute atomic E-state index is 12.3. The van der Waals surface area contributed by atoms with E-state index in [1.165, 1.54) is 23.0 Å². The SMILES string of the molecule is CCn1c(=NC(=O)c2ccc([N+](=O)[O-])o2)sc2cc(C(C)C)ccc21. The molecule has 0 N–H and O–H groups in total. The zero-order chi connectivity index (χ0) is 18.1. The average molecular weight is 359 g/mol. The van der Waals surface area contributed by atoms with Crippen LogP contribution in [0.2, 0.25) is 0 Å². The number of thiazole rings is 1. The second-order valence-electron chi connectivity index (χ2n) is 5.82. The van der Waals surface area contributed by atoms with Gasteiger partial charge in [0.15, 0.2) is 4.80 Å². The molecule has 8 heteroatoms. The van der Waals surface area contributed by atoms with Crippen molar-refractivity contribution in [3.8, 4) is 0 Å². The highest BCUT2D eigenvalue weighted by atomic mass is 32.1. The average Bonchev–Trinajstić information content (AvgIpc) is 3.18. The van der Waals surface area contributed by atoms with Crippen LogP contribution >= 0.6 is 11.3 Å². The van der Waals surface area contributed by atoms with Crippen LogP contribution in [0.5, 0.6) is 0 Å². The fourth-order valence-electron chi connectivity index (χ4n) is 2.52. The molecule has 3 aromatic rings. The number of nitrogens with zero attached hydrogens (tertiary/aromatic N) is 3. The summed E-state index contributed by atoms with van der Waals surface area (Å²) in [6.07, 6.45) is 0. The van der Waals surface area contributed by atoms with E-state index in [9.17, 15) is 14.9 Å². The van der Waals surface area contributed by atoms with Crippen molar-refractivity contribution in [2.45, 2.75) is 33.2 Å². The number of aromatic nitrogens is 1. The largest absolute Gasteiger partial charge is 0.433 e. The van der Waals surface area contributed by atoms with E-state index in [2.05, 4.69) is 31.0 Å². The molecule has 0 spiro atoms.